The normalized spacial score (nSPS) is 10.5. The fraction of sp³-hybridized carbons (Fsp3) is 0.160. The van der Waals surface area contributed by atoms with Gasteiger partial charge in [-0.25, -0.2) is 9.59 Å². The smallest absolute Gasteiger partial charge is 0.478 e. The molecule has 3 N–H and O–H groups in total. The number of hydrogen-bond acceptors (Lipinski definition) is 4. The molecular weight excluding hydrogens is 465 g/mol. The predicted octanol–water partition coefficient (Wildman–Crippen LogP) is 5.30. The summed E-state index contributed by atoms with van der Waals surface area (Å²) in [5.74, 6) is -4.06. The van der Waals surface area contributed by atoms with Crippen molar-refractivity contribution in [3.63, 3.8) is 0 Å². The third kappa shape index (κ3) is 8.18. The number of rotatable bonds is 7. The average Bonchev–Trinajstić information content (AvgIpc) is 2.83. The first kappa shape index (κ1) is 26.9. The second-order valence-corrected chi connectivity index (χ2v) is 7.16. The maximum absolute atomic E-state index is 12.3. The van der Waals surface area contributed by atoms with Gasteiger partial charge in [-0.05, 0) is 42.8 Å². The molecule has 0 saturated heterocycles. The van der Waals surface area contributed by atoms with Crippen LogP contribution in [0.3, 0.4) is 0 Å². The standard InChI is InChI=1S/C23H22N2O3.C2HF3O2/c1-2-25(16-17-9-5-3-6-10-17)21-14-13-19(15-20(21)23(27)28)24-22(26)18-11-7-4-8-12-18;3-2(4,5)1(6)7/h3-15H,2,16H2,1H3,(H,24,26)(H,27,28);(H,6,7). The van der Waals surface area contributed by atoms with Crippen molar-refractivity contribution in [2.24, 2.45) is 0 Å². The fourth-order valence-corrected chi connectivity index (χ4v) is 3.02. The van der Waals surface area contributed by atoms with Crippen LogP contribution in [0.5, 0.6) is 0 Å². The molecule has 7 nitrogen and oxygen atoms in total. The SMILES string of the molecule is CCN(Cc1ccccc1)c1ccc(NC(=O)c2ccccc2)cc1C(=O)O.O=C(O)C(F)(F)F. The van der Waals surface area contributed by atoms with Gasteiger partial charge in [0, 0.05) is 24.3 Å². The minimum absolute atomic E-state index is 0.156. The molecule has 10 heteroatoms. The van der Waals surface area contributed by atoms with Crippen LogP contribution >= 0.6 is 0 Å². The molecule has 0 saturated carbocycles. The highest BCUT2D eigenvalue weighted by Gasteiger charge is 2.38. The van der Waals surface area contributed by atoms with E-state index in [9.17, 15) is 27.9 Å². The van der Waals surface area contributed by atoms with Crippen molar-refractivity contribution in [3.05, 3.63) is 95.6 Å². The number of benzene rings is 3. The molecule has 0 aliphatic heterocycles. The molecule has 0 heterocycles. The van der Waals surface area contributed by atoms with Crippen LogP contribution in [0, 0.1) is 0 Å². The monoisotopic (exact) mass is 488 g/mol. The number of carboxylic acids is 2. The van der Waals surface area contributed by atoms with Gasteiger partial charge in [0.1, 0.15) is 0 Å². The molecule has 184 valence electrons. The Kier molecular flexibility index (Phi) is 9.39. The summed E-state index contributed by atoms with van der Waals surface area (Å²) in [4.78, 5) is 35.1. The summed E-state index contributed by atoms with van der Waals surface area (Å²) in [5, 5.41) is 19.6. The predicted molar refractivity (Wildman–Crippen MR) is 125 cm³/mol. The quantitative estimate of drug-likeness (QED) is 0.417. The Hall–Kier alpha value is -4.34. The van der Waals surface area contributed by atoms with Crippen molar-refractivity contribution >= 4 is 29.2 Å². The lowest BCUT2D eigenvalue weighted by molar-refractivity contribution is -0.192. The van der Waals surface area contributed by atoms with Gasteiger partial charge in [0.2, 0.25) is 0 Å². The number of nitrogens with zero attached hydrogens (tertiary/aromatic N) is 1. The van der Waals surface area contributed by atoms with E-state index < -0.39 is 18.1 Å². The van der Waals surface area contributed by atoms with Crippen molar-refractivity contribution in [2.75, 3.05) is 16.8 Å². The number of halogens is 3. The van der Waals surface area contributed by atoms with Gasteiger partial charge in [0.25, 0.3) is 5.91 Å². The van der Waals surface area contributed by atoms with Gasteiger partial charge < -0.3 is 20.4 Å². The Morgan fingerprint density at radius 1 is 0.886 bits per heavy atom. The molecule has 0 aliphatic rings. The van der Waals surface area contributed by atoms with E-state index in [-0.39, 0.29) is 11.5 Å². The van der Waals surface area contributed by atoms with Gasteiger partial charge in [0.05, 0.1) is 11.3 Å². The summed E-state index contributed by atoms with van der Waals surface area (Å²) < 4.78 is 31.7. The summed E-state index contributed by atoms with van der Waals surface area (Å²) in [6.07, 6.45) is -5.08. The molecule has 0 atom stereocenters. The zero-order valence-corrected chi connectivity index (χ0v) is 18.6. The van der Waals surface area contributed by atoms with Gasteiger partial charge in [-0.1, -0.05) is 48.5 Å². The molecule has 3 aromatic rings. The number of carboxylic acid groups (broad SMARTS) is 2. The first-order valence-electron chi connectivity index (χ1n) is 10.4. The van der Waals surface area contributed by atoms with Crippen LogP contribution in [0.2, 0.25) is 0 Å². The molecular formula is C25H23F3N2O5. The number of carbonyl (C=O) groups excluding carboxylic acids is 1. The van der Waals surface area contributed by atoms with E-state index in [1.165, 1.54) is 6.07 Å². The molecule has 0 fully saturated rings. The minimum Gasteiger partial charge on any atom is -0.478 e. The Morgan fingerprint density at radius 2 is 1.43 bits per heavy atom. The third-order valence-corrected chi connectivity index (χ3v) is 4.70. The van der Waals surface area contributed by atoms with Crippen molar-refractivity contribution in [2.45, 2.75) is 19.6 Å². The number of aliphatic carboxylic acids is 1. The van der Waals surface area contributed by atoms with Crippen LogP contribution in [0.4, 0.5) is 24.5 Å². The first-order valence-corrected chi connectivity index (χ1v) is 10.4. The largest absolute Gasteiger partial charge is 0.490 e. The second kappa shape index (κ2) is 12.2. The molecule has 1 amide bonds. The Morgan fingerprint density at radius 3 is 1.91 bits per heavy atom. The summed E-state index contributed by atoms with van der Waals surface area (Å²) >= 11 is 0. The number of anilines is 2. The topological polar surface area (TPSA) is 107 Å². The maximum atomic E-state index is 12.3. The van der Waals surface area contributed by atoms with Crippen molar-refractivity contribution in [3.8, 4) is 0 Å². The van der Waals surface area contributed by atoms with E-state index in [2.05, 4.69) is 5.32 Å². The van der Waals surface area contributed by atoms with E-state index in [0.717, 1.165) is 5.56 Å². The number of alkyl halides is 3. The Labute approximate surface area is 199 Å². The zero-order chi connectivity index (χ0) is 26.0. The second-order valence-electron chi connectivity index (χ2n) is 7.16. The van der Waals surface area contributed by atoms with Crippen LogP contribution in [0.1, 0.15) is 33.2 Å². The summed E-state index contributed by atoms with van der Waals surface area (Å²) in [6.45, 7) is 3.25. The van der Waals surface area contributed by atoms with Gasteiger partial charge in [-0.2, -0.15) is 13.2 Å². The van der Waals surface area contributed by atoms with Crippen LogP contribution in [-0.4, -0.2) is 40.8 Å². The lowest BCUT2D eigenvalue weighted by atomic mass is 10.1. The molecule has 0 spiro atoms. The number of amides is 1. The van der Waals surface area contributed by atoms with Crippen LogP contribution in [0.15, 0.2) is 78.9 Å². The molecule has 0 unspecified atom stereocenters. The van der Waals surface area contributed by atoms with Gasteiger partial charge in [-0.3, -0.25) is 4.79 Å². The Bertz CT molecular complexity index is 1150. The lowest BCUT2D eigenvalue weighted by Crippen LogP contribution is -2.24. The van der Waals surface area contributed by atoms with E-state index in [4.69, 9.17) is 9.90 Å². The van der Waals surface area contributed by atoms with Gasteiger partial charge in [0.15, 0.2) is 0 Å². The third-order valence-electron chi connectivity index (χ3n) is 4.70. The highest BCUT2D eigenvalue weighted by molar-refractivity contribution is 6.05. The van der Waals surface area contributed by atoms with Crippen molar-refractivity contribution in [1.82, 2.24) is 0 Å². The van der Waals surface area contributed by atoms with Crippen LogP contribution in [0.25, 0.3) is 0 Å². The van der Waals surface area contributed by atoms with Crippen molar-refractivity contribution < 1.29 is 37.8 Å². The fourth-order valence-electron chi connectivity index (χ4n) is 3.02. The number of nitrogens with one attached hydrogen (secondary N) is 1. The molecule has 0 bridgehead atoms. The molecule has 0 aromatic heterocycles. The summed E-state index contributed by atoms with van der Waals surface area (Å²) in [7, 11) is 0. The summed E-state index contributed by atoms with van der Waals surface area (Å²) in [6, 6.07) is 23.7. The first-order chi connectivity index (χ1) is 16.5. The molecule has 3 rings (SSSR count). The average molecular weight is 488 g/mol. The maximum Gasteiger partial charge on any atom is 0.490 e. The van der Waals surface area contributed by atoms with E-state index >= 15 is 0 Å². The molecule has 3 aromatic carbocycles. The molecule has 0 aliphatic carbocycles. The van der Waals surface area contributed by atoms with E-state index in [1.807, 2.05) is 48.2 Å². The minimum atomic E-state index is -5.08. The number of hydrogen-bond donors (Lipinski definition) is 3. The Balaban J connectivity index is 0.000000540. The molecule has 35 heavy (non-hydrogen) atoms. The van der Waals surface area contributed by atoms with Crippen LogP contribution in [-0.2, 0) is 11.3 Å². The summed E-state index contributed by atoms with van der Waals surface area (Å²) in [5.41, 5.74) is 2.84. The number of aromatic carboxylic acids is 1. The lowest BCUT2D eigenvalue weighted by Gasteiger charge is -2.25. The highest BCUT2D eigenvalue weighted by atomic mass is 19.4. The van der Waals surface area contributed by atoms with Crippen molar-refractivity contribution in [1.29, 1.82) is 0 Å². The van der Waals surface area contributed by atoms with Gasteiger partial charge >= 0.3 is 18.1 Å². The highest BCUT2D eigenvalue weighted by Crippen LogP contribution is 2.26. The van der Waals surface area contributed by atoms with E-state index in [0.29, 0.717) is 30.0 Å². The molecule has 0 radical (unpaired) electrons. The van der Waals surface area contributed by atoms with Gasteiger partial charge in [-0.15, -0.1) is 0 Å². The number of carbonyl (C=O) groups is 3. The van der Waals surface area contributed by atoms with Crippen LogP contribution < -0.4 is 10.2 Å². The zero-order valence-electron chi connectivity index (χ0n) is 18.6. The van der Waals surface area contributed by atoms with E-state index in [1.54, 1.807) is 36.4 Å².